The Morgan fingerprint density at radius 1 is 1.18 bits per heavy atom. The average Bonchev–Trinajstić information content (AvgIpc) is 3.20. The fraction of sp³-hybridized carbons (Fsp3) is 0.294. The molecule has 0 saturated carbocycles. The van der Waals surface area contributed by atoms with Crippen LogP contribution in [-0.4, -0.2) is 36.7 Å². The van der Waals surface area contributed by atoms with E-state index in [0.717, 1.165) is 24.4 Å². The highest BCUT2D eigenvalue weighted by atomic mass is 16.3. The van der Waals surface area contributed by atoms with Gasteiger partial charge in [0.25, 0.3) is 5.91 Å². The first-order valence-electron chi connectivity index (χ1n) is 7.51. The van der Waals surface area contributed by atoms with Gasteiger partial charge in [0.05, 0.1) is 12.8 Å². The zero-order valence-corrected chi connectivity index (χ0v) is 12.4. The number of hydrazone groups is 1. The number of hydrogen-bond donors (Lipinski definition) is 1. The van der Waals surface area contributed by atoms with E-state index in [2.05, 4.69) is 15.4 Å². The molecule has 0 atom stereocenters. The minimum atomic E-state index is -0.0898. The number of hydrogen-bond acceptors (Lipinski definition) is 4. The molecule has 0 unspecified atom stereocenters. The Morgan fingerprint density at radius 3 is 2.73 bits per heavy atom. The van der Waals surface area contributed by atoms with Gasteiger partial charge < -0.3 is 4.42 Å². The Labute approximate surface area is 129 Å². The molecule has 1 fully saturated rings. The summed E-state index contributed by atoms with van der Waals surface area (Å²) in [5, 5.41) is 3.95. The van der Waals surface area contributed by atoms with Crippen molar-refractivity contribution in [1.82, 2.24) is 10.3 Å². The lowest BCUT2D eigenvalue weighted by Gasteiger charge is -2.11. The van der Waals surface area contributed by atoms with Crippen LogP contribution in [-0.2, 0) is 4.79 Å². The molecular formula is C17H19N3O2. The van der Waals surface area contributed by atoms with Crippen LogP contribution in [0.4, 0.5) is 0 Å². The molecule has 1 aromatic heterocycles. The summed E-state index contributed by atoms with van der Waals surface area (Å²) < 4.78 is 5.67. The highest BCUT2D eigenvalue weighted by Crippen LogP contribution is 2.20. The van der Waals surface area contributed by atoms with E-state index in [1.807, 2.05) is 42.5 Å². The number of carbonyl (C=O) groups excluding carboxylic acids is 1. The maximum Gasteiger partial charge on any atom is 0.254 e. The van der Waals surface area contributed by atoms with Gasteiger partial charge in [-0.05, 0) is 38.1 Å². The summed E-state index contributed by atoms with van der Waals surface area (Å²) in [7, 11) is 0. The van der Waals surface area contributed by atoms with E-state index in [0.29, 0.717) is 12.3 Å². The molecule has 1 amide bonds. The number of likely N-dealkylation sites (tertiary alicyclic amines) is 1. The van der Waals surface area contributed by atoms with Gasteiger partial charge in [0.1, 0.15) is 11.5 Å². The van der Waals surface area contributed by atoms with Gasteiger partial charge in [0.15, 0.2) is 0 Å². The van der Waals surface area contributed by atoms with Crippen molar-refractivity contribution in [3.05, 3.63) is 48.2 Å². The van der Waals surface area contributed by atoms with E-state index in [-0.39, 0.29) is 5.91 Å². The molecule has 1 aromatic carbocycles. The predicted molar refractivity (Wildman–Crippen MR) is 85.6 cm³/mol. The lowest BCUT2D eigenvalue weighted by atomic mass is 10.2. The second kappa shape index (κ2) is 7.04. The van der Waals surface area contributed by atoms with Crippen LogP contribution in [0.2, 0.25) is 0 Å². The number of nitrogens with zero attached hydrogens (tertiary/aromatic N) is 2. The van der Waals surface area contributed by atoms with E-state index in [1.54, 1.807) is 0 Å². The maximum atomic E-state index is 11.7. The number of benzene rings is 1. The monoisotopic (exact) mass is 297 g/mol. The normalized spacial score (nSPS) is 15.5. The molecule has 2 heterocycles. The van der Waals surface area contributed by atoms with Gasteiger partial charge in [0.2, 0.25) is 0 Å². The lowest BCUT2D eigenvalue weighted by molar-refractivity contribution is -0.121. The molecule has 114 valence electrons. The second-order valence-electron chi connectivity index (χ2n) is 5.34. The Kier molecular flexibility index (Phi) is 4.65. The molecule has 2 aromatic rings. The first-order valence-corrected chi connectivity index (χ1v) is 7.51. The van der Waals surface area contributed by atoms with Crippen LogP contribution in [0.5, 0.6) is 0 Å². The fourth-order valence-corrected chi connectivity index (χ4v) is 2.53. The van der Waals surface area contributed by atoms with Crippen molar-refractivity contribution in [2.24, 2.45) is 5.10 Å². The summed E-state index contributed by atoms with van der Waals surface area (Å²) in [6, 6.07) is 13.6. The summed E-state index contributed by atoms with van der Waals surface area (Å²) in [5.74, 6) is 1.30. The molecule has 0 radical (unpaired) electrons. The number of carbonyl (C=O) groups is 1. The summed E-state index contributed by atoms with van der Waals surface area (Å²) >= 11 is 0. The minimum absolute atomic E-state index is 0.0898. The van der Waals surface area contributed by atoms with Crippen LogP contribution >= 0.6 is 0 Å². The van der Waals surface area contributed by atoms with Gasteiger partial charge in [-0.3, -0.25) is 9.69 Å². The Morgan fingerprint density at radius 2 is 1.95 bits per heavy atom. The van der Waals surface area contributed by atoms with Crippen molar-refractivity contribution in [3.8, 4) is 11.3 Å². The van der Waals surface area contributed by atoms with Crippen molar-refractivity contribution >= 4 is 12.1 Å². The van der Waals surface area contributed by atoms with Crippen LogP contribution in [0, 0.1) is 0 Å². The van der Waals surface area contributed by atoms with Crippen LogP contribution in [0.3, 0.4) is 0 Å². The standard InChI is InChI=1S/C17H19N3O2/c21-17(13-20-10-4-5-11-20)19-18-12-15-8-9-16(22-15)14-6-2-1-3-7-14/h1-3,6-9,12H,4-5,10-11,13H2,(H,19,21). The van der Waals surface area contributed by atoms with E-state index in [1.165, 1.54) is 19.1 Å². The second-order valence-corrected chi connectivity index (χ2v) is 5.34. The van der Waals surface area contributed by atoms with Gasteiger partial charge in [-0.2, -0.15) is 5.10 Å². The van der Waals surface area contributed by atoms with Crippen LogP contribution in [0.15, 0.2) is 52.0 Å². The van der Waals surface area contributed by atoms with Gasteiger partial charge in [-0.15, -0.1) is 0 Å². The van der Waals surface area contributed by atoms with Crippen molar-refractivity contribution in [2.75, 3.05) is 19.6 Å². The van der Waals surface area contributed by atoms with Crippen LogP contribution in [0.1, 0.15) is 18.6 Å². The zero-order chi connectivity index (χ0) is 15.2. The van der Waals surface area contributed by atoms with Crippen molar-refractivity contribution in [1.29, 1.82) is 0 Å². The smallest absolute Gasteiger partial charge is 0.254 e. The lowest BCUT2D eigenvalue weighted by Crippen LogP contribution is -2.33. The van der Waals surface area contributed by atoms with Gasteiger partial charge in [-0.1, -0.05) is 30.3 Å². The number of furan rings is 1. The van der Waals surface area contributed by atoms with Gasteiger partial charge in [0, 0.05) is 5.56 Å². The molecule has 0 bridgehead atoms. The van der Waals surface area contributed by atoms with Gasteiger partial charge in [-0.25, -0.2) is 5.43 Å². The molecule has 3 rings (SSSR count). The van der Waals surface area contributed by atoms with E-state index >= 15 is 0 Å². The van der Waals surface area contributed by atoms with Crippen molar-refractivity contribution in [2.45, 2.75) is 12.8 Å². The summed E-state index contributed by atoms with van der Waals surface area (Å²) in [6.07, 6.45) is 3.87. The molecule has 5 heteroatoms. The highest BCUT2D eigenvalue weighted by Gasteiger charge is 2.14. The fourth-order valence-electron chi connectivity index (χ4n) is 2.53. The molecule has 1 saturated heterocycles. The Hall–Kier alpha value is -2.40. The number of rotatable bonds is 5. The first-order chi connectivity index (χ1) is 10.8. The number of nitrogens with one attached hydrogen (secondary N) is 1. The maximum absolute atomic E-state index is 11.7. The van der Waals surface area contributed by atoms with Gasteiger partial charge >= 0.3 is 0 Å². The minimum Gasteiger partial charge on any atom is -0.455 e. The van der Waals surface area contributed by atoms with Crippen molar-refractivity contribution in [3.63, 3.8) is 0 Å². The van der Waals surface area contributed by atoms with E-state index in [4.69, 9.17) is 4.42 Å². The largest absolute Gasteiger partial charge is 0.455 e. The molecule has 22 heavy (non-hydrogen) atoms. The molecule has 1 aliphatic rings. The third-order valence-electron chi connectivity index (χ3n) is 3.63. The molecule has 5 nitrogen and oxygen atoms in total. The van der Waals surface area contributed by atoms with Crippen LogP contribution < -0.4 is 5.43 Å². The SMILES string of the molecule is O=C(CN1CCCC1)NN=Cc1ccc(-c2ccccc2)o1. The van der Waals surface area contributed by atoms with E-state index in [9.17, 15) is 4.79 Å². The highest BCUT2D eigenvalue weighted by molar-refractivity contribution is 5.82. The summed E-state index contributed by atoms with van der Waals surface area (Å²) in [5.41, 5.74) is 3.55. The molecule has 0 aliphatic carbocycles. The third-order valence-corrected chi connectivity index (χ3v) is 3.63. The summed E-state index contributed by atoms with van der Waals surface area (Å²) in [4.78, 5) is 13.8. The van der Waals surface area contributed by atoms with E-state index < -0.39 is 0 Å². The quantitative estimate of drug-likeness (QED) is 0.681. The Balaban J connectivity index is 1.52. The summed E-state index contributed by atoms with van der Waals surface area (Å²) in [6.45, 7) is 2.40. The molecule has 1 aliphatic heterocycles. The van der Waals surface area contributed by atoms with Crippen LogP contribution in [0.25, 0.3) is 11.3 Å². The molecule has 1 N–H and O–H groups in total. The van der Waals surface area contributed by atoms with Crippen molar-refractivity contribution < 1.29 is 9.21 Å². The first kappa shape index (κ1) is 14.5. The average molecular weight is 297 g/mol. The third kappa shape index (κ3) is 3.83. The topological polar surface area (TPSA) is 57.8 Å². The molecule has 0 spiro atoms. The number of amides is 1. The predicted octanol–water partition coefficient (Wildman–Crippen LogP) is 2.49. The Bertz CT molecular complexity index is 643. The zero-order valence-electron chi connectivity index (χ0n) is 12.4. The molecular weight excluding hydrogens is 278 g/mol.